The molecule has 0 radical (unpaired) electrons. The third-order valence-corrected chi connectivity index (χ3v) is 4.40. The van der Waals surface area contributed by atoms with Crippen molar-refractivity contribution in [1.29, 1.82) is 0 Å². The predicted molar refractivity (Wildman–Crippen MR) is 112 cm³/mol. The van der Waals surface area contributed by atoms with Crippen LogP contribution < -0.4 is 10.1 Å². The van der Waals surface area contributed by atoms with Gasteiger partial charge in [0.1, 0.15) is 17.2 Å². The fourth-order valence-corrected chi connectivity index (χ4v) is 3.17. The van der Waals surface area contributed by atoms with Crippen molar-refractivity contribution in [2.75, 3.05) is 19.6 Å². The summed E-state index contributed by atoms with van der Waals surface area (Å²) in [6.45, 7) is 4.78. The van der Waals surface area contributed by atoms with E-state index in [0.29, 0.717) is 11.4 Å². The van der Waals surface area contributed by atoms with Crippen LogP contribution in [0.1, 0.15) is 36.7 Å². The second-order valence-corrected chi connectivity index (χ2v) is 6.27. The zero-order chi connectivity index (χ0) is 17.5. The number of nitrogens with one attached hydrogen (secondary N) is 1. The molecule has 0 spiro atoms. The topological polar surface area (TPSA) is 54.5 Å². The van der Waals surface area contributed by atoms with E-state index in [9.17, 15) is 4.79 Å². The molecule has 1 aromatic carbocycles. The zero-order valence-electron chi connectivity index (χ0n) is 15.5. The molecule has 1 N–H and O–H groups in total. The minimum atomic E-state index is -0.00717. The van der Waals surface area contributed by atoms with Gasteiger partial charge in [0.15, 0.2) is 0 Å². The van der Waals surface area contributed by atoms with Crippen LogP contribution in [0.2, 0.25) is 0 Å². The molecule has 0 unspecified atom stereocenters. The number of amides is 1. The Kier molecular flexibility index (Phi) is 10.1. The number of hydrogen-bond donors (Lipinski definition) is 1. The van der Waals surface area contributed by atoms with Crippen LogP contribution in [0.25, 0.3) is 0 Å². The molecule has 27 heavy (non-hydrogen) atoms. The third-order valence-electron chi connectivity index (χ3n) is 4.40. The molecule has 1 aliphatic heterocycles. The van der Waals surface area contributed by atoms with E-state index in [4.69, 9.17) is 4.74 Å². The number of aromatic nitrogens is 1. The van der Waals surface area contributed by atoms with Gasteiger partial charge in [0.25, 0.3) is 5.91 Å². The van der Waals surface area contributed by atoms with Crippen molar-refractivity contribution >= 4 is 30.7 Å². The molecule has 7 heteroatoms. The number of carbonyl (C=O) groups excluding carboxylic acids is 1. The van der Waals surface area contributed by atoms with Gasteiger partial charge in [0.05, 0.1) is 0 Å². The molecule has 1 aliphatic rings. The van der Waals surface area contributed by atoms with Gasteiger partial charge in [-0.3, -0.25) is 9.78 Å². The first-order chi connectivity index (χ1) is 12.3. The molecule has 1 amide bonds. The van der Waals surface area contributed by atoms with Gasteiger partial charge in [0.2, 0.25) is 0 Å². The molecule has 3 rings (SSSR count). The van der Waals surface area contributed by atoms with Crippen molar-refractivity contribution in [1.82, 2.24) is 15.2 Å². The lowest BCUT2D eigenvalue weighted by molar-refractivity contribution is 0.0636. The lowest BCUT2D eigenvalue weighted by atomic mass is 10.0. The number of hydrogen-bond acceptors (Lipinski definition) is 4. The highest BCUT2D eigenvalue weighted by Gasteiger charge is 2.26. The van der Waals surface area contributed by atoms with Crippen LogP contribution in [0.4, 0.5) is 0 Å². The Morgan fingerprint density at radius 2 is 1.85 bits per heavy atom. The van der Waals surface area contributed by atoms with Gasteiger partial charge in [-0.1, -0.05) is 25.1 Å². The standard InChI is InChI=1S/C20H25N3O2.2ClH/c1-2-14-23(16-8-11-21-12-9-16)20(24)19-15-18(10-13-22-19)25-17-6-4-3-5-7-17;;/h3-7,10,13,15-16,21H,2,8-9,11-12,14H2,1H3;2*1H. The van der Waals surface area contributed by atoms with Crippen molar-refractivity contribution in [3.63, 3.8) is 0 Å². The minimum Gasteiger partial charge on any atom is -0.457 e. The molecule has 1 aromatic heterocycles. The Bertz CT molecular complexity index is 695. The van der Waals surface area contributed by atoms with E-state index >= 15 is 0 Å². The Morgan fingerprint density at radius 1 is 1.15 bits per heavy atom. The van der Waals surface area contributed by atoms with Gasteiger partial charge in [-0.15, -0.1) is 24.8 Å². The highest BCUT2D eigenvalue weighted by Crippen LogP contribution is 2.22. The molecular weight excluding hydrogens is 385 g/mol. The van der Waals surface area contributed by atoms with Crippen LogP contribution in [0, 0.1) is 0 Å². The maximum Gasteiger partial charge on any atom is 0.272 e. The molecular formula is C20H27Cl2N3O2. The summed E-state index contributed by atoms with van der Waals surface area (Å²) in [6, 6.07) is 13.4. The molecule has 5 nitrogen and oxygen atoms in total. The molecule has 0 atom stereocenters. The van der Waals surface area contributed by atoms with Crippen LogP contribution in [-0.4, -0.2) is 41.5 Å². The van der Waals surface area contributed by atoms with Crippen LogP contribution in [0.3, 0.4) is 0 Å². The van der Waals surface area contributed by atoms with Gasteiger partial charge in [-0.25, -0.2) is 0 Å². The highest BCUT2D eigenvalue weighted by molar-refractivity contribution is 5.93. The Hall–Kier alpha value is -1.82. The number of pyridine rings is 1. The minimum absolute atomic E-state index is 0. The largest absolute Gasteiger partial charge is 0.457 e. The van der Waals surface area contributed by atoms with E-state index in [0.717, 1.165) is 44.6 Å². The van der Waals surface area contributed by atoms with Gasteiger partial charge in [0, 0.05) is 24.8 Å². The van der Waals surface area contributed by atoms with Crippen LogP contribution >= 0.6 is 24.8 Å². The van der Waals surface area contributed by atoms with Crippen molar-refractivity contribution in [3.8, 4) is 11.5 Å². The Balaban J connectivity index is 0.00000182. The van der Waals surface area contributed by atoms with Gasteiger partial charge >= 0.3 is 0 Å². The normalized spacial score (nSPS) is 13.8. The fourth-order valence-electron chi connectivity index (χ4n) is 3.17. The maximum absolute atomic E-state index is 13.0. The summed E-state index contributed by atoms with van der Waals surface area (Å²) >= 11 is 0. The second-order valence-electron chi connectivity index (χ2n) is 6.27. The molecule has 0 bridgehead atoms. The number of carbonyl (C=O) groups is 1. The highest BCUT2D eigenvalue weighted by atomic mass is 35.5. The van der Waals surface area contributed by atoms with Crippen LogP contribution in [0.5, 0.6) is 11.5 Å². The first-order valence-corrected chi connectivity index (χ1v) is 8.98. The summed E-state index contributed by atoms with van der Waals surface area (Å²) in [5, 5.41) is 3.35. The van der Waals surface area contributed by atoms with Crippen molar-refractivity contribution in [2.24, 2.45) is 0 Å². The molecule has 2 aromatic rings. The third kappa shape index (κ3) is 6.38. The Labute approximate surface area is 173 Å². The summed E-state index contributed by atoms with van der Waals surface area (Å²) in [5.74, 6) is 1.37. The number of piperidine rings is 1. The number of ether oxygens (including phenoxy) is 1. The lowest BCUT2D eigenvalue weighted by Gasteiger charge is -2.34. The monoisotopic (exact) mass is 411 g/mol. The predicted octanol–water partition coefficient (Wildman–Crippen LogP) is 4.32. The van der Waals surface area contributed by atoms with Crippen molar-refractivity contribution in [2.45, 2.75) is 32.2 Å². The average molecular weight is 412 g/mol. The Morgan fingerprint density at radius 3 is 2.52 bits per heavy atom. The first-order valence-electron chi connectivity index (χ1n) is 8.98. The summed E-state index contributed by atoms with van der Waals surface area (Å²) < 4.78 is 5.83. The van der Waals surface area contributed by atoms with Crippen molar-refractivity contribution < 1.29 is 9.53 Å². The zero-order valence-corrected chi connectivity index (χ0v) is 17.1. The lowest BCUT2D eigenvalue weighted by Crippen LogP contribution is -2.46. The second kappa shape index (κ2) is 11.8. The van der Waals surface area contributed by atoms with Gasteiger partial charge in [-0.2, -0.15) is 0 Å². The average Bonchev–Trinajstić information content (AvgIpc) is 2.67. The molecule has 148 valence electrons. The first kappa shape index (κ1) is 23.2. The molecule has 1 saturated heterocycles. The van der Waals surface area contributed by atoms with Gasteiger partial charge < -0.3 is 15.0 Å². The summed E-state index contributed by atoms with van der Waals surface area (Å²) in [5.41, 5.74) is 0.445. The number of nitrogens with zero attached hydrogens (tertiary/aromatic N) is 2. The van der Waals surface area contributed by atoms with Crippen LogP contribution in [0.15, 0.2) is 48.7 Å². The molecule has 2 heterocycles. The molecule has 1 fully saturated rings. The van der Waals surface area contributed by atoms with Crippen LogP contribution in [-0.2, 0) is 0 Å². The fraction of sp³-hybridized carbons (Fsp3) is 0.400. The summed E-state index contributed by atoms with van der Waals surface area (Å²) in [7, 11) is 0. The number of para-hydroxylation sites is 1. The van der Waals surface area contributed by atoms with E-state index in [1.165, 1.54) is 0 Å². The number of rotatable bonds is 6. The number of benzene rings is 1. The van der Waals surface area contributed by atoms with E-state index in [1.54, 1.807) is 18.3 Å². The summed E-state index contributed by atoms with van der Waals surface area (Å²) in [6.07, 6.45) is 4.56. The van der Waals surface area contributed by atoms with E-state index in [-0.39, 0.29) is 36.8 Å². The smallest absolute Gasteiger partial charge is 0.272 e. The molecule has 0 saturated carbocycles. The van der Waals surface area contributed by atoms with E-state index < -0.39 is 0 Å². The van der Waals surface area contributed by atoms with E-state index in [2.05, 4.69) is 17.2 Å². The SMILES string of the molecule is CCCN(C(=O)c1cc(Oc2ccccc2)ccn1)C1CCNCC1.Cl.Cl. The van der Waals surface area contributed by atoms with Gasteiger partial charge in [-0.05, 0) is 50.6 Å². The van der Waals surface area contributed by atoms with Crippen molar-refractivity contribution in [3.05, 3.63) is 54.4 Å². The molecule has 0 aliphatic carbocycles. The summed E-state index contributed by atoms with van der Waals surface area (Å²) in [4.78, 5) is 19.3. The number of halogens is 2. The quantitative estimate of drug-likeness (QED) is 0.768. The van der Waals surface area contributed by atoms with E-state index in [1.807, 2.05) is 35.2 Å². The maximum atomic E-state index is 13.0.